The summed E-state index contributed by atoms with van der Waals surface area (Å²) in [5.41, 5.74) is 0.534. The molecule has 9 nitrogen and oxygen atoms in total. The molecule has 1 aliphatic heterocycles. The van der Waals surface area contributed by atoms with E-state index in [4.69, 9.17) is 8.83 Å². The van der Waals surface area contributed by atoms with E-state index in [9.17, 15) is 13.2 Å². The SMILES string of the molecule is CC1CCN(S(=O)(=O)c2ccc(-c3nnc(C(=O)N[C@@H](C)Cc4ccco4)o3)cc2)CC1. The van der Waals surface area contributed by atoms with Gasteiger partial charge in [-0.15, -0.1) is 10.2 Å². The number of benzene rings is 1. The molecule has 0 unspecified atom stereocenters. The third kappa shape index (κ3) is 4.91. The number of furan rings is 1. The first kappa shape index (κ1) is 22.2. The molecule has 170 valence electrons. The maximum atomic E-state index is 12.9. The largest absolute Gasteiger partial charge is 0.469 e. The van der Waals surface area contributed by atoms with Crippen LogP contribution in [0.3, 0.4) is 0 Å². The molecule has 1 saturated heterocycles. The minimum absolute atomic E-state index is 0.143. The van der Waals surface area contributed by atoms with Crippen LogP contribution in [-0.2, 0) is 16.4 Å². The Hall–Kier alpha value is -2.98. The molecule has 32 heavy (non-hydrogen) atoms. The number of sulfonamides is 1. The van der Waals surface area contributed by atoms with E-state index in [2.05, 4.69) is 22.4 Å². The minimum Gasteiger partial charge on any atom is -0.469 e. The van der Waals surface area contributed by atoms with Crippen LogP contribution in [0.1, 0.15) is 43.1 Å². The number of hydrogen-bond donors (Lipinski definition) is 1. The van der Waals surface area contributed by atoms with E-state index in [1.54, 1.807) is 24.5 Å². The molecule has 0 bridgehead atoms. The summed E-state index contributed by atoms with van der Waals surface area (Å²) in [5, 5.41) is 10.5. The van der Waals surface area contributed by atoms with E-state index >= 15 is 0 Å². The fourth-order valence-electron chi connectivity index (χ4n) is 3.64. The lowest BCUT2D eigenvalue weighted by Crippen LogP contribution is -2.37. The third-order valence-corrected chi connectivity index (χ3v) is 7.48. The Balaban J connectivity index is 1.41. The molecular weight excluding hydrogens is 432 g/mol. The number of amides is 1. The molecule has 4 rings (SSSR count). The van der Waals surface area contributed by atoms with Crippen molar-refractivity contribution in [2.24, 2.45) is 5.92 Å². The Labute approximate surface area is 186 Å². The summed E-state index contributed by atoms with van der Waals surface area (Å²) in [4.78, 5) is 12.6. The fraction of sp³-hybridized carbons (Fsp3) is 0.409. The minimum atomic E-state index is -3.53. The first-order chi connectivity index (χ1) is 15.3. The van der Waals surface area contributed by atoms with E-state index in [-0.39, 0.29) is 22.7 Å². The first-order valence-corrected chi connectivity index (χ1v) is 12.0. The van der Waals surface area contributed by atoms with Gasteiger partial charge >= 0.3 is 11.8 Å². The Morgan fingerprint density at radius 1 is 1.19 bits per heavy atom. The van der Waals surface area contributed by atoms with E-state index in [0.29, 0.717) is 31.0 Å². The normalized spacial score (nSPS) is 16.7. The van der Waals surface area contributed by atoms with Crippen molar-refractivity contribution in [3.8, 4) is 11.5 Å². The van der Waals surface area contributed by atoms with Gasteiger partial charge in [0.25, 0.3) is 0 Å². The zero-order valence-corrected chi connectivity index (χ0v) is 18.8. The molecule has 0 saturated carbocycles. The molecule has 0 spiro atoms. The number of nitrogens with zero attached hydrogens (tertiary/aromatic N) is 3. The molecule has 0 aliphatic carbocycles. The summed E-state index contributed by atoms with van der Waals surface area (Å²) in [6.45, 7) is 5.05. The summed E-state index contributed by atoms with van der Waals surface area (Å²) in [5.74, 6) is 0.801. The second-order valence-electron chi connectivity index (χ2n) is 8.18. The van der Waals surface area contributed by atoms with Crippen LogP contribution in [-0.4, -0.2) is 48.0 Å². The standard InChI is InChI=1S/C22H26N4O5S/c1-15-9-11-26(12-10-15)32(28,29)19-7-5-17(6-8-19)21-24-25-22(31-21)20(27)23-16(2)14-18-4-3-13-30-18/h3-8,13,15-16H,9-12,14H2,1-2H3,(H,23,27)/t16-/m0/s1. The van der Waals surface area contributed by atoms with Gasteiger partial charge in [0.05, 0.1) is 11.2 Å². The lowest BCUT2D eigenvalue weighted by molar-refractivity contribution is 0.0905. The summed E-state index contributed by atoms with van der Waals surface area (Å²) in [6, 6.07) is 9.70. The molecule has 1 aromatic carbocycles. The highest BCUT2D eigenvalue weighted by atomic mass is 32.2. The quantitative estimate of drug-likeness (QED) is 0.578. The highest BCUT2D eigenvalue weighted by Gasteiger charge is 2.28. The zero-order valence-electron chi connectivity index (χ0n) is 18.0. The lowest BCUT2D eigenvalue weighted by Gasteiger charge is -2.29. The van der Waals surface area contributed by atoms with Gasteiger partial charge in [0.2, 0.25) is 15.9 Å². The van der Waals surface area contributed by atoms with Gasteiger partial charge in [-0.3, -0.25) is 4.79 Å². The van der Waals surface area contributed by atoms with Gasteiger partial charge in [0.1, 0.15) is 5.76 Å². The van der Waals surface area contributed by atoms with Crippen molar-refractivity contribution in [3.05, 3.63) is 54.3 Å². The van der Waals surface area contributed by atoms with Gasteiger partial charge < -0.3 is 14.2 Å². The van der Waals surface area contributed by atoms with Crippen molar-refractivity contribution in [3.63, 3.8) is 0 Å². The highest BCUT2D eigenvalue weighted by molar-refractivity contribution is 7.89. The predicted octanol–water partition coefficient (Wildman–Crippen LogP) is 3.11. The predicted molar refractivity (Wildman–Crippen MR) is 116 cm³/mol. The molecular formula is C22H26N4O5S. The number of rotatable bonds is 7. The van der Waals surface area contributed by atoms with Crippen molar-refractivity contribution in [2.45, 2.75) is 44.0 Å². The van der Waals surface area contributed by atoms with E-state index < -0.39 is 15.9 Å². The third-order valence-electron chi connectivity index (χ3n) is 5.57. The molecule has 2 aromatic heterocycles. The fourth-order valence-corrected chi connectivity index (χ4v) is 5.11. The first-order valence-electron chi connectivity index (χ1n) is 10.6. The average molecular weight is 459 g/mol. The summed E-state index contributed by atoms with van der Waals surface area (Å²) in [6.07, 6.45) is 3.85. The van der Waals surface area contributed by atoms with Crippen LogP contribution < -0.4 is 5.32 Å². The number of carbonyl (C=O) groups excluding carboxylic acids is 1. The monoisotopic (exact) mass is 458 g/mol. The molecule has 3 aromatic rings. The van der Waals surface area contributed by atoms with E-state index in [1.165, 1.54) is 16.4 Å². The Morgan fingerprint density at radius 3 is 2.56 bits per heavy atom. The van der Waals surface area contributed by atoms with Crippen molar-refractivity contribution < 1.29 is 22.0 Å². The van der Waals surface area contributed by atoms with Gasteiger partial charge in [-0.05, 0) is 62.1 Å². The molecule has 1 fully saturated rings. The maximum absolute atomic E-state index is 12.9. The Morgan fingerprint density at radius 2 is 1.91 bits per heavy atom. The number of hydrogen-bond acceptors (Lipinski definition) is 7. The van der Waals surface area contributed by atoms with Crippen LogP contribution in [0, 0.1) is 5.92 Å². The van der Waals surface area contributed by atoms with Crippen molar-refractivity contribution in [1.29, 1.82) is 0 Å². The molecule has 1 aliphatic rings. The molecule has 1 N–H and O–H groups in total. The number of piperidine rings is 1. The van der Waals surface area contributed by atoms with Crippen LogP contribution in [0.5, 0.6) is 0 Å². The lowest BCUT2D eigenvalue weighted by atomic mass is 10.0. The molecule has 1 atom stereocenters. The second-order valence-corrected chi connectivity index (χ2v) is 10.1. The van der Waals surface area contributed by atoms with E-state index in [0.717, 1.165) is 18.6 Å². The van der Waals surface area contributed by atoms with Crippen LogP contribution in [0.25, 0.3) is 11.5 Å². The second kappa shape index (κ2) is 9.25. The van der Waals surface area contributed by atoms with Gasteiger partial charge in [0, 0.05) is 31.1 Å². The van der Waals surface area contributed by atoms with Crippen LogP contribution in [0.4, 0.5) is 0 Å². The molecule has 1 amide bonds. The number of aromatic nitrogens is 2. The van der Waals surface area contributed by atoms with Crippen molar-refractivity contribution in [1.82, 2.24) is 19.8 Å². The van der Waals surface area contributed by atoms with Crippen molar-refractivity contribution >= 4 is 15.9 Å². The summed E-state index contributed by atoms with van der Waals surface area (Å²) >= 11 is 0. The number of carbonyl (C=O) groups is 1. The van der Waals surface area contributed by atoms with Gasteiger partial charge in [-0.1, -0.05) is 6.92 Å². The average Bonchev–Trinajstić information content (AvgIpc) is 3.46. The van der Waals surface area contributed by atoms with Gasteiger partial charge in [-0.2, -0.15) is 4.31 Å². The smallest absolute Gasteiger partial charge is 0.309 e. The van der Waals surface area contributed by atoms with Crippen LogP contribution in [0.15, 0.2) is 56.4 Å². The van der Waals surface area contributed by atoms with Gasteiger partial charge in [0.15, 0.2) is 0 Å². The Bertz CT molecular complexity index is 1150. The van der Waals surface area contributed by atoms with Gasteiger partial charge in [-0.25, -0.2) is 8.42 Å². The molecule has 3 heterocycles. The van der Waals surface area contributed by atoms with E-state index in [1.807, 2.05) is 13.0 Å². The Kier molecular flexibility index (Phi) is 6.43. The summed E-state index contributed by atoms with van der Waals surface area (Å²) < 4.78 is 38.0. The van der Waals surface area contributed by atoms with Crippen LogP contribution >= 0.6 is 0 Å². The maximum Gasteiger partial charge on any atom is 0.309 e. The molecule has 0 radical (unpaired) electrons. The van der Waals surface area contributed by atoms with Crippen LogP contribution in [0.2, 0.25) is 0 Å². The topological polar surface area (TPSA) is 119 Å². The number of nitrogens with one attached hydrogen (secondary N) is 1. The van der Waals surface area contributed by atoms with Crippen molar-refractivity contribution in [2.75, 3.05) is 13.1 Å². The highest BCUT2D eigenvalue weighted by Crippen LogP contribution is 2.25. The summed E-state index contributed by atoms with van der Waals surface area (Å²) in [7, 11) is -3.53. The zero-order chi connectivity index (χ0) is 22.7. The molecule has 10 heteroatoms.